The maximum atomic E-state index is 11.2. The van der Waals surface area contributed by atoms with E-state index in [2.05, 4.69) is 4.98 Å². The highest BCUT2D eigenvalue weighted by Crippen LogP contribution is 2.37. The Bertz CT molecular complexity index is 413. The van der Waals surface area contributed by atoms with Gasteiger partial charge in [-0.1, -0.05) is 12.5 Å². The zero-order chi connectivity index (χ0) is 13.0. The molecule has 1 aliphatic rings. The van der Waals surface area contributed by atoms with Crippen LogP contribution in [0.5, 0.6) is 0 Å². The van der Waals surface area contributed by atoms with E-state index in [1.807, 2.05) is 18.2 Å². The molecule has 1 aliphatic carbocycles. The van der Waals surface area contributed by atoms with Gasteiger partial charge < -0.3 is 10.8 Å². The van der Waals surface area contributed by atoms with Gasteiger partial charge >= 0.3 is 5.97 Å². The van der Waals surface area contributed by atoms with Crippen molar-refractivity contribution in [3.63, 3.8) is 0 Å². The fourth-order valence-electron chi connectivity index (χ4n) is 2.52. The minimum absolute atomic E-state index is 0.0891. The van der Waals surface area contributed by atoms with Crippen molar-refractivity contribution >= 4 is 17.7 Å². The summed E-state index contributed by atoms with van der Waals surface area (Å²) in [6.07, 6.45) is 5.04. The molecule has 18 heavy (non-hydrogen) atoms. The molecule has 4 nitrogen and oxygen atoms in total. The lowest BCUT2D eigenvalue weighted by molar-refractivity contribution is -0.144. The molecule has 0 amide bonds. The maximum Gasteiger partial charge on any atom is 0.323 e. The number of thioether (sulfide) groups is 1. The molecule has 2 rings (SSSR count). The third kappa shape index (κ3) is 2.84. The van der Waals surface area contributed by atoms with E-state index in [0.29, 0.717) is 6.42 Å². The van der Waals surface area contributed by atoms with E-state index >= 15 is 0 Å². The first-order valence-electron chi connectivity index (χ1n) is 6.19. The van der Waals surface area contributed by atoms with E-state index in [4.69, 9.17) is 5.73 Å². The van der Waals surface area contributed by atoms with Crippen molar-refractivity contribution in [1.82, 2.24) is 4.98 Å². The molecule has 0 saturated heterocycles. The Morgan fingerprint density at radius 1 is 1.61 bits per heavy atom. The van der Waals surface area contributed by atoms with E-state index in [-0.39, 0.29) is 5.92 Å². The third-order valence-electron chi connectivity index (χ3n) is 3.62. The molecule has 0 aromatic carbocycles. The summed E-state index contributed by atoms with van der Waals surface area (Å²) in [5.74, 6) is 0.104. The summed E-state index contributed by atoms with van der Waals surface area (Å²) in [5.41, 5.74) is 4.99. The average Bonchev–Trinajstić information content (AvgIpc) is 2.74. The molecule has 1 heterocycles. The highest BCUT2D eigenvalue weighted by atomic mass is 32.2. The van der Waals surface area contributed by atoms with Crippen LogP contribution in [-0.4, -0.2) is 27.4 Å². The highest BCUT2D eigenvalue weighted by Gasteiger charge is 2.45. The zero-order valence-corrected chi connectivity index (χ0v) is 11.0. The molecule has 0 spiro atoms. The second-order valence-corrected chi connectivity index (χ2v) is 5.85. The van der Waals surface area contributed by atoms with Gasteiger partial charge in [-0.2, -0.15) is 0 Å². The lowest BCUT2D eigenvalue weighted by Crippen LogP contribution is -2.51. The van der Waals surface area contributed by atoms with E-state index in [1.165, 1.54) is 0 Å². The van der Waals surface area contributed by atoms with Crippen LogP contribution in [0.3, 0.4) is 0 Å². The Kier molecular flexibility index (Phi) is 4.24. The molecular formula is C13H18N2O2S. The molecule has 1 saturated carbocycles. The van der Waals surface area contributed by atoms with E-state index in [0.717, 1.165) is 30.0 Å². The number of aromatic nitrogens is 1. The van der Waals surface area contributed by atoms with Gasteiger partial charge in [-0.3, -0.25) is 4.79 Å². The summed E-state index contributed by atoms with van der Waals surface area (Å²) in [7, 11) is 0. The number of nitrogens with zero attached hydrogens (tertiary/aromatic N) is 1. The largest absolute Gasteiger partial charge is 0.480 e. The molecule has 3 N–H and O–H groups in total. The quantitative estimate of drug-likeness (QED) is 0.799. The molecule has 2 atom stereocenters. The Balaban J connectivity index is 1.85. The minimum Gasteiger partial charge on any atom is -0.480 e. The van der Waals surface area contributed by atoms with E-state index < -0.39 is 11.5 Å². The molecular weight excluding hydrogens is 248 g/mol. The van der Waals surface area contributed by atoms with Crippen LogP contribution in [0.15, 0.2) is 29.4 Å². The number of hydrogen-bond acceptors (Lipinski definition) is 4. The average molecular weight is 266 g/mol. The molecule has 0 aliphatic heterocycles. The second-order valence-electron chi connectivity index (χ2n) is 4.74. The van der Waals surface area contributed by atoms with Crippen molar-refractivity contribution in [2.45, 2.75) is 36.2 Å². The third-order valence-corrected chi connectivity index (χ3v) is 4.60. The maximum absolute atomic E-state index is 11.2. The minimum atomic E-state index is -1.01. The van der Waals surface area contributed by atoms with Gasteiger partial charge in [0.05, 0.1) is 5.03 Å². The summed E-state index contributed by atoms with van der Waals surface area (Å²) in [4.78, 5) is 15.5. The second kappa shape index (κ2) is 5.71. The van der Waals surface area contributed by atoms with Crippen LogP contribution in [-0.2, 0) is 4.79 Å². The normalized spacial score (nSPS) is 27.3. The SMILES string of the molecule is NC1(C(=O)O)CCCC1CCSc1ccccn1. The molecule has 5 heteroatoms. The summed E-state index contributed by atoms with van der Waals surface area (Å²) >= 11 is 1.66. The van der Waals surface area contributed by atoms with Crippen molar-refractivity contribution < 1.29 is 9.90 Å². The molecule has 98 valence electrons. The molecule has 0 radical (unpaired) electrons. The number of aliphatic carboxylic acids is 1. The predicted octanol–water partition coefficient (Wildman–Crippen LogP) is 2.15. The van der Waals surface area contributed by atoms with Gasteiger partial charge in [-0.05, 0) is 43.1 Å². The first-order valence-corrected chi connectivity index (χ1v) is 7.17. The number of carboxylic acids is 1. The molecule has 2 unspecified atom stereocenters. The van der Waals surface area contributed by atoms with Gasteiger partial charge in [0.2, 0.25) is 0 Å². The van der Waals surface area contributed by atoms with E-state index in [1.54, 1.807) is 18.0 Å². The topological polar surface area (TPSA) is 76.2 Å². The predicted molar refractivity (Wildman–Crippen MR) is 71.5 cm³/mol. The standard InChI is InChI=1S/C13H18N2O2S/c14-13(12(16)17)7-3-4-10(13)6-9-18-11-5-1-2-8-15-11/h1-2,5,8,10H,3-4,6-7,9,14H2,(H,16,17). The van der Waals surface area contributed by atoms with Gasteiger partial charge in [0, 0.05) is 6.20 Å². The number of carboxylic acid groups (broad SMARTS) is 1. The highest BCUT2D eigenvalue weighted by molar-refractivity contribution is 7.99. The van der Waals surface area contributed by atoms with Crippen LogP contribution in [0.25, 0.3) is 0 Å². The number of nitrogens with two attached hydrogens (primary N) is 1. The monoisotopic (exact) mass is 266 g/mol. The van der Waals surface area contributed by atoms with Crippen molar-refractivity contribution in [1.29, 1.82) is 0 Å². The first kappa shape index (κ1) is 13.4. The van der Waals surface area contributed by atoms with Crippen LogP contribution in [0.1, 0.15) is 25.7 Å². The molecule has 1 fully saturated rings. The van der Waals surface area contributed by atoms with Gasteiger partial charge in [0.15, 0.2) is 0 Å². The lowest BCUT2D eigenvalue weighted by Gasteiger charge is -2.26. The summed E-state index contributed by atoms with van der Waals surface area (Å²) in [6.45, 7) is 0. The zero-order valence-electron chi connectivity index (χ0n) is 10.2. The van der Waals surface area contributed by atoms with Gasteiger partial charge in [-0.15, -0.1) is 11.8 Å². The lowest BCUT2D eigenvalue weighted by atomic mass is 9.86. The Hall–Kier alpha value is -1.07. The molecule has 1 aromatic heterocycles. The van der Waals surface area contributed by atoms with Crippen LogP contribution in [0.4, 0.5) is 0 Å². The number of rotatable bonds is 5. The van der Waals surface area contributed by atoms with Crippen LogP contribution in [0, 0.1) is 5.92 Å². The smallest absolute Gasteiger partial charge is 0.323 e. The first-order chi connectivity index (χ1) is 8.63. The summed E-state index contributed by atoms with van der Waals surface area (Å²) < 4.78 is 0. The van der Waals surface area contributed by atoms with Crippen molar-refractivity contribution in [2.24, 2.45) is 11.7 Å². The fraction of sp³-hybridized carbons (Fsp3) is 0.538. The Labute approximate surface area is 111 Å². The Morgan fingerprint density at radius 3 is 3.11 bits per heavy atom. The van der Waals surface area contributed by atoms with Crippen molar-refractivity contribution in [3.05, 3.63) is 24.4 Å². The van der Waals surface area contributed by atoms with Gasteiger partial charge in [-0.25, -0.2) is 4.98 Å². The summed E-state index contributed by atoms with van der Waals surface area (Å²) in [5, 5.41) is 10.2. The van der Waals surface area contributed by atoms with Crippen LogP contribution >= 0.6 is 11.8 Å². The number of hydrogen-bond donors (Lipinski definition) is 2. The van der Waals surface area contributed by atoms with Gasteiger partial charge in [0.25, 0.3) is 0 Å². The summed E-state index contributed by atoms with van der Waals surface area (Å²) in [6, 6.07) is 5.80. The number of carbonyl (C=O) groups is 1. The number of pyridine rings is 1. The fourth-order valence-corrected chi connectivity index (χ4v) is 3.45. The Morgan fingerprint density at radius 2 is 2.44 bits per heavy atom. The van der Waals surface area contributed by atoms with Gasteiger partial charge in [0.1, 0.15) is 5.54 Å². The van der Waals surface area contributed by atoms with Crippen molar-refractivity contribution in [2.75, 3.05) is 5.75 Å². The van der Waals surface area contributed by atoms with Crippen LogP contribution < -0.4 is 5.73 Å². The van der Waals surface area contributed by atoms with Crippen LogP contribution in [0.2, 0.25) is 0 Å². The van der Waals surface area contributed by atoms with Crippen molar-refractivity contribution in [3.8, 4) is 0 Å². The molecule has 1 aromatic rings. The van der Waals surface area contributed by atoms with E-state index in [9.17, 15) is 9.90 Å². The molecule has 0 bridgehead atoms.